The lowest BCUT2D eigenvalue weighted by Crippen LogP contribution is -2.39. The van der Waals surface area contributed by atoms with Crippen LogP contribution < -0.4 is 10.6 Å². The highest BCUT2D eigenvalue weighted by molar-refractivity contribution is 6.33. The maximum atomic E-state index is 6.10. The maximum Gasteiger partial charge on any atom is 0.0741 e. The summed E-state index contributed by atoms with van der Waals surface area (Å²) >= 11 is 6.10. The van der Waals surface area contributed by atoms with Gasteiger partial charge in [0.25, 0.3) is 0 Å². The number of nitrogen functional groups attached to an aromatic ring is 1. The topological polar surface area (TPSA) is 29.3 Å². The second kappa shape index (κ2) is 4.65. The van der Waals surface area contributed by atoms with Crippen LogP contribution in [0.25, 0.3) is 0 Å². The number of hydrogen-bond donors (Lipinski definition) is 1. The molecular weight excluding hydrogens is 244 g/mol. The van der Waals surface area contributed by atoms with Crippen LogP contribution in [-0.4, -0.2) is 13.1 Å². The highest BCUT2D eigenvalue weighted by atomic mass is 35.5. The molecule has 0 bridgehead atoms. The molecule has 1 heterocycles. The van der Waals surface area contributed by atoms with Gasteiger partial charge in [0.05, 0.1) is 16.4 Å². The van der Waals surface area contributed by atoms with Gasteiger partial charge in [0.15, 0.2) is 0 Å². The Morgan fingerprint density at radius 3 is 2.39 bits per heavy atom. The average Bonchev–Trinajstić information content (AvgIpc) is 2.83. The smallest absolute Gasteiger partial charge is 0.0741 e. The summed E-state index contributed by atoms with van der Waals surface area (Å²) in [6.45, 7) is 2.26. The van der Waals surface area contributed by atoms with Crippen LogP contribution in [0.5, 0.6) is 0 Å². The summed E-state index contributed by atoms with van der Waals surface area (Å²) in [5.74, 6) is 0. The third-order valence-corrected chi connectivity index (χ3v) is 5.19. The number of nitrogens with two attached hydrogens (primary N) is 1. The van der Waals surface area contributed by atoms with E-state index in [1.54, 1.807) is 0 Å². The van der Waals surface area contributed by atoms with Gasteiger partial charge in [-0.2, -0.15) is 0 Å². The minimum absolute atomic E-state index is 0.657. The predicted molar refractivity (Wildman–Crippen MR) is 78.2 cm³/mol. The molecule has 1 aliphatic carbocycles. The van der Waals surface area contributed by atoms with Crippen molar-refractivity contribution in [3.8, 4) is 0 Å². The van der Waals surface area contributed by atoms with Gasteiger partial charge >= 0.3 is 0 Å². The summed E-state index contributed by atoms with van der Waals surface area (Å²) in [6.07, 6.45) is 8.37. The molecular formula is C15H21ClN2. The molecule has 0 aromatic heterocycles. The first kappa shape index (κ1) is 12.2. The highest BCUT2D eigenvalue weighted by Crippen LogP contribution is 2.47. The van der Waals surface area contributed by atoms with E-state index in [4.69, 9.17) is 17.3 Å². The Morgan fingerprint density at radius 2 is 1.72 bits per heavy atom. The Hall–Kier alpha value is -0.890. The molecule has 18 heavy (non-hydrogen) atoms. The minimum atomic E-state index is 0.657. The van der Waals surface area contributed by atoms with Crippen molar-refractivity contribution >= 4 is 23.0 Å². The van der Waals surface area contributed by atoms with E-state index in [0.29, 0.717) is 10.4 Å². The Labute approximate surface area is 114 Å². The Balaban J connectivity index is 1.74. The van der Waals surface area contributed by atoms with Crippen molar-refractivity contribution in [2.45, 2.75) is 38.5 Å². The molecule has 3 heteroatoms. The summed E-state index contributed by atoms with van der Waals surface area (Å²) in [4.78, 5) is 2.41. The third kappa shape index (κ3) is 2.07. The number of halogens is 1. The zero-order chi connectivity index (χ0) is 12.6. The molecule has 0 amide bonds. The fourth-order valence-corrected chi connectivity index (χ4v) is 3.82. The number of anilines is 2. The Kier molecular flexibility index (Phi) is 3.14. The SMILES string of the molecule is Nc1c(Cl)cccc1N1CCC2(CCCC2)CC1. The zero-order valence-electron chi connectivity index (χ0n) is 10.8. The van der Waals surface area contributed by atoms with Crippen molar-refractivity contribution in [2.24, 2.45) is 5.41 Å². The van der Waals surface area contributed by atoms with Crippen LogP contribution in [-0.2, 0) is 0 Å². The molecule has 1 aliphatic heterocycles. The van der Waals surface area contributed by atoms with E-state index in [9.17, 15) is 0 Å². The van der Waals surface area contributed by atoms with Gasteiger partial charge in [-0.1, -0.05) is 30.5 Å². The molecule has 1 saturated carbocycles. The summed E-state index contributed by atoms with van der Waals surface area (Å²) in [5, 5.41) is 0.675. The zero-order valence-corrected chi connectivity index (χ0v) is 11.5. The van der Waals surface area contributed by atoms with Crippen LogP contribution >= 0.6 is 11.6 Å². The maximum absolute atomic E-state index is 6.10. The number of nitrogens with zero attached hydrogens (tertiary/aromatic N) is 1. The van der Waals surface area contributed by atoms with Gasteiger partial charge in [-0.15, -0.1) is 0 Å². The van der Waals surface area contributed by atoms with Gasteiger partial charge in [-0.25, -0.2) is 0 Å². The van der Waals surface area contributed by atoms with Crippen molar-refractivity contribution in [1.82, 2.24) is 0 Å². The fourth-order valence-electron chi connectivity index (χ4n) is 3.65. The first-order valence-corrected chi connectivity index (χ1v) is 7.37. The number of benzene rings is 1. The van der Waals surface area contributed by atoms with E-state index >= 15 is 0 Å². The second-order valence-electron chi connectivity index (χ2n) is 5.87. The molecule has 0 unspecified atom stereocenters. The van der Waals surface area contributed by atoms with Crippen molar-refractivity contribution in [3.05, 3.63) is 23.2 Å². The molecule has 3 rings (SSSR count). The summed E-state index contributed by atoms with van der Waals surface area (Å²) < 4.78 is 0. The molecule has 1 aromatic rings. The molecule has 98 valence electrons. The molecule has 1 aromatic carbocycles. The van der Waals surface area contributed by atoms with Crippen molar-refractivity contribution in [3.63, 3.8) is 0 Å². The van der Waals surface area contributed by atoms with E-state index in [1.165, 1.54) is 38.5 Å². The molecule has 1 spiro atoms. The van der Waals surface area contributed by atoms with Crippen molar-refractivity contribution in [1.29, 1.82) is 0 Å². The van der Waals surface area contributed by atoms with E-state index in [-0.39, 0.29) is 0 Å². The predicted octanol–water partition coefficient (Wildman–Crippen LogP) is 4.08. The van der Waals surface area contributed by atoms with Gasteiger partial charge in [-0.3, -0.25) is 0 Å². The van der Waals surface area contributed by atoms with Crippen LogP contribution in [0.4, 0.5) is 11.4 Å². The molecule has 2 aliphatic rings. The standard InChI is InChI=1S/C15H21ClN2/c16-12-4-3-5-13(14(12)17)18-10-8-15(9-11-18)6-1-2-7-15/h3-5H,1-2,6-11,17H2. The number of rotatable bonds is 1. The summed E-state index contributed by atoms with van der Waals surface area (Å²) in [6, 6.07) is 5.95. The minimum Gasteiger partial charge on any atom is -0.396 e. The van der Waals surface area contributed by atoms with E-state index in [1.807, 2.05) is 12.1 Å². The molecule has 2 N–H and O–H groups in total. The van der Waals surface area contributed by atoms with Crippen molar-refractivity contribution < 1.29 is 0 Å². The lowest BCUT2D eigenvalue weighted by atomic mass is 9.77. The average molecular weight is 265 g/mol. The first-order valence-electron chi connectivity index (χ1n) is 6.99. The monoisotopic (exact) mass is 264 g/mol. The molecule has 0 atom stereocenters. The largest absolute Gasteiger partial charge is 0.396 e. The highest BCUT2D eigenvalue weighted by Gasteiger charge is 2.37. The lowest BCUT2D eigenvalue weighted by molar-refractivity contribution is 0.226. The molecule has 2 fully saturated rings. The van der Waals surface area contributed by atoms with Crippen LogP contribution in [0.15, 0.2) is 18.2 Å². The van der Waals surface area contributed by atoms with Gasteiger partial charge in [-0.05, 0) is 43.2 Å². The number of hydrogen-bond acceptors (Lipinski definition) is 2. The lowest BCUT2D eigenvalue weighted by Gasteiger charge is -2.41. The van der Waals surface area contributed by atoms with Gasteiger partial charge in [0, 0.05) is 13.1 Å². The molecule has 2 nitrogen and oxygen atoms in total. The molecule has 0 radical (unpaired) electrons. The van der Waals surface area contributed by atoms with E-state index in [0.717, 1.165) is 24.5 Å². The van der Waals surface area contributed by atoms with Gasteiger partial charge < -0.3 is 10.6 Å². The van der Waals surface area contributed by atoms with Crippen LogP contribution in [0.2, 0.25) is 5.02 Å². The normalized spacial score (nSPS) is 22.6. The fraction of sp³-hybridized carbons (Fsp3) is 0.600. The Bertz CT molecular complexity index is 428. The first-order chi connectivity index (χ1) is 8.70. The molecule has 1 saturated heterocycles. The number of para-hydroxylation sites is 1. The third-order valence-electron chi connectivity index (χ3n) is 4.86. The van der Waals surface area contributed by atoms with Crippen molar-refractivity contribution in [2.75, 3.05) is 23.7 Å². The summed E-state index contributed by atoms with van der Waals surface area (Å²) in [5.41, 5.74) is 8.60. The van der Waals surface area contributed by atoms with Crippen LogP contribution in [0, 0.1) is 5.41 Å². The van der Waals surface area contributed by atoms with Crippen LogP contribution in [0.3, 0.4) is 0 Å². The van der Waals surface area contributed by atoms with E-state index < -0.39 is 0 Å². The van der Waals surface area contributed by atoms with Gasteiger partial charge in [0.1, 0.15) is 0 Å². The second-order valence-corrected chi connectivity index (χ2v) is 6.27. The number of piperidine rings is 1. The Morgan fingerprint density at radius 1 is 1.06 bits per heavy atom. The van der Waals surface area contributed by atoms with Gasteiger partial charge in [0.2, 0.25) is 0 Å². The quantitative estimate of drug-likeness (QED) is 0.775. The summed E-state index contributed by atoms with van der Waals surface area (Å²) in [7, 11) is 0. The van der Waals surface area contributed by atoms with E-state index in [2.05, 4.69) is 11.0 Å². The van der Waals surface area contributed by atoms with Crippen LogP contribution in [0.1, 0.15) is 38.5 Å².